The summed E-state index contributed by atoms with van der Waals surface area (Å²) >= 11 is 0. The van der Waals surface area contributed by atoms with Crippen LogP contribution < -0.4 is 10.2 Å². The molecule has 0 atom stereocenters. The van der Waals surface area contributed by atoms with Gasteiger partial charge in [-0.3, -0.25) is 0 Å². The smallest absolute Gasteiger partial charge is 0.134 e. The maximum Gasteiger partial charge on any atom is 0.134 e. The van der Waals surface area contributed by atoms with Gasteiger partial charge in [0.1, 0.15) is 18.0 Å². The molecule has 1 aliphatic rings. The van der Waals surface area contributed by atoms with Crippen molar-refractivity contribution < 1.29 is 4.74 Å². The molecule has 6 nitrogen and oxygen atoms in total. The fourth-order valence-corrected chi connectivity index (χ4v) is 3.38. The van der Waals surface area contributed by atoms with Crippen LogP contribution in [-0.2, 0) is 11.2 Å². The van der Waals surface area contributed by atoms with Crippen molar-refractivity contribution in [1.82, 2.24) is 15.0 Å². The van der Waals surface area contributed by atoms with Crippen LogP contribution in [0.2, 0.25) is 0 Å². The van der Waals surface area contributed by atoms with Crippen molar-refractivity contribution in [2.75, 3.05) is 43.1 Å². The lowest BCUT2D eigenvalue weighted by atomic mass is 10.1. The normalized spacial score (nSPS) is 14.8. The van der Waals surface area contributed by atoms with Gasteiger partial charge in [0.25, 0.3) is 0 Å². The van der Waals surface area contributed by atoms with Gasteiger partial charge in [0.05, 0.1) is 13.2 Å². The highest BCUT2D eigenvalue weighted by Crippen LogP contribution is 2.22. The van der Waals surface area contributed by atoms with Gasteiger partial charge in [-0.15, -0.1) is 0 Å². The van der Waals surface area contributed by atoms with Gasteiger partial charge in [0.15, 0.2) is 0 Å². The molecule has 2 N–H and O–H groups in total. The Balaban J connectivity index is 1.41. The second-order valence-corrected chi connectivity index (χ2v) is 6.35. The Morgan fingerprint density at radius 2 is 2.12 bits per heavy atom. The van der Waals surface area contributed by atoms with E-state index in [-0.39, 0.29) is 0 Å². The van der Waals surface area contributed by atoms with Crippen LogP contribution in [0.25, 0.3) is 10.9 Å². The van der Waals surface area contributed by atoms with Crippen LogP contribution in [0, 0.1) is 6.92 Å². The van der Waals surface area contributed by atoms with Crippen LogP contribution in [0.15, 0.2) is 36.8 Å². The van der Waals surface area contributed by atoms with E-state index in [0.29, 0.717) is 0 Å². The predicted octanol–water partition coefficient (Wildman–Crippen LogP) is 2.76. The summed E-state index contributed by atoms with van der Waals surface area (Å²) in [5.74, 6) is 1.83. The summed E-state index contributed by atoms with van der Waals surface area (Å²) in [5.41, 5.74) is 3.85. The molecule has 25 heavy (non-hydrogen) atoms. The van der Waals surface area contributed by atoms with Gasteiger partial charge in [-0.2, -0.15) is 0 Å². The number of fused-ring (bicyclic) bond motifs is 1. The third kappa shape index (κ3) is 3.44. The number of aryl methyl sites for hydroxylation is 1. The van der Waals surface area contributed by atoms with Crippen LogP contribution in [0.1, 0.15) is 11.1 Å². The van der Waals surface area contributed by atoms with Crippen LogP contribution in [0.5, 0.6) is 0 Å². The third-order valence-electron chi connectivity index (χ3n) is 4.68. The molecule has 130 valence electrons. The summed E-state index contributed by atoms with van der Waals surface area (Å²) in [6, 6.07) is 8.39. The van der Waals surface area contributed by atoms with Crippen molar-refractivity contribution in [3.8, 4) is 0 Å². The summed E-state index contributed by atoms with van der Waals surface area (Å²) in [6.45, 7) is 6.27. The van der Waals surface area contributed by atoms with Gasteiger partial charge in [0, 0.05) is 42.8 Å². The highest BCUT2D eigenvalue weighted by Gasteiger charge is 2.13. The molecule has 2 aromatic heterocycles. The molecule has 0 amide bonds. The lowest BCUT2D eigenvalue weighted by Crippen LogP contribution is -2.36. The SMILES string of the molecule is Cc1cccc2[nH]cc(CCNc3cc(N4CCOCC4)ncn3)c12. The van der Waals surface area contributed by atoms with Crippen LogP contribution in [0.3, 0.4) is 0 Å². The lowest BCUT2D eigenvalue weighted by molar-refractivity contribution is 0.122. The van der Waals surface area contributed by atoms with Gasteiger partial charge in [0.2, 0.25) is 0 Å². The number of nitrogens with one attached hydrogen (secondary N) is 2. The molecule has 4 rings (SSSR count). The highest BCUT2D eigenvalue weighted by molar-refractivity contribution is 5.86. The van der Waals surface area contributed by atoms with E-state index in [2.05, 4.69) is 56.5 Å². The van der Waals surface area contributed by atoms with Crippen molar-refractivity contribution in [2.24, 2.45) is 0 Å². The second-order valence-electron chi connectivity index (χ2n) is 6.35. The molecule has 3 heterocycles. The number of H-pyrrole nitrogens is 1. The number of hydrogen-bond acceptors (Lipinski definition) is 5. The molecule has 1 fully saturated rings. The molecule has 0 saturated carbocycles. The number of morpholine rings is 1. The lowest BCUT2D eigenvalue weighted by Gasteiger charge is -2.27. The minimum Gasteiger partial charge on any atom is -0.378 e. The Morgan fingerprint density at radius 1 is 1.24 bits per heavy atom. The van der Waals surface area contributed by atoms with Crippen molar-refractivity contribution in [2.45, 2.75) is 13.3 Å². The van der Waals surface area contributed by atoms with Gasteiger partial charge >= 0.3 is 0 Å². The van der Waals surface area contributed by atoms with E-state index in [4.69, 9.17) is 4.74 Å². The van der Waals surface area contributed by atoms with E-state index in [1.165, 1.54) is 22.0 Å². The van der Waals surface area contributed by atoms with Gasteiger partial charge < -0.3 is 19.9 Å². The Kier molecular flexibility index (Phi) is 4.52. The first-order valence-corrected chi connectivity index (χ1v) is 8.75. The topological polar surface area (TPSA) is 66.1 Å². The zero-order chi connectivity index (χ0) is 17.1. The molecule has 0 radical (unpaired) electrons. The largest absolute Gasteiger partial charge is 0.378 e. The summed E-state index contributed by atoms with van der Waals surface area (Å²) < 4.78 is 5.40. The van der Waals surface area contributed by atoms with Crippen LogP contribution in [-0.4, -0.2) is 47.8 Å². The number of aromatic amines is 1. The Morgan fingerprint density at radius 3 is 3.00 bits per heavy atom. The average Bonchev–Trinajstić information content (AvgIpc) is 3.07. The molecule has 0 aliphatic carbocycles. The Hall–Kier alpha value is -2.60. The number of ether oxygens (including phenoxy) is 1. The molecule has 1 aliphatic heterocycles. The molecule has 6 heteroatoms. The number of hydrogen-bond donors (Lipinski definition) is 2. The van der Waals surface area contributed by atoms with Gasteiger partial charge in [-0.1, -0.05) is 12.1 Å². The minimum atomic E-state index is 0.757. The van der Waals surface area contributed by atoms with Crippen molar-refractivity contribution in [3.63, 3.8) is 0 Å². The van der Waals surface area contributed by atoms with Crippen molar-refractivity contribution >= 4 is 22.5 Å². The average molecular weight is 337 g/mol. The van der Waals surface area contributed by atoms with E-state index < -0.39 is 0 Å². The first-order chi connectivity index (χ1) is 12.3. The molecule has 3 aromatic rings. The maximum atomic E-state index is 5.40. The van der Waals surface area contributed by atoms with Crippen molar-refractivity contribution in [3.05, 3.63) is 47.9 Å². The number of aromatic nitrogens is 3. The van der Waals surface area contributed by atoms with E-state index in [1.54, 1.807) is 6.33 Å². The fourth-order valence-electron chi connectivity index (χ4n) is 3.38. The summed E-state index contributed by atoms with van der Waals surface area (Å²) in [7, 11) is 0. The molecule has 1 aromatic carbocycles. The monoisotopic (exact) mass is 337 g/mol. The first kappa shape index (κ1) is 15.9. The zero-order valence-corrected chi connectivity index (χ0v) is 14.5. The third-order valence-corrected chi connectivity index (χ3v) is 4.68. The zero-order valence-electron chi connectivity index (χ0n) is 14.5. The summed E-state index contributed by atoms with van der Waals surface area (Å²) in [5, 5.41) is 4.76. The standard InChI is InChI=1S/C19H23N5O/c1-14-3-2-4-16-19(14)15(12-21-16)5-6-20-17-11-18(23-13-22-17)24-7-9-25-10-8-24/h2-4,11-13,21H,5-10H2,1H3,(H,20,22,23). The van der Waals surface area contributed by atoms with Gasteiger partial charge in [-0.25, -0.2) is 9.97 Å². The summed E-state index contributed by atoms with van der Waals surface area (Å²) in [6.07, 6.45) is 4.68. The van der Waals surface area contributed by atoms with Crippen molar-refractivity contribution in [1.29, 1.82) is 0 Å². The highest BCUT2D eigenvalue weighted by atomic mass is 16.5. The Labute approximate surface area is 147 Å². The minimum absolute atomic E-state index is 0.757. The van der Waals surface area contributed by atoms with Gasteiger partial charge in [-0.05, 0) is 30.5 Å². The molecule has 0 spiro atoms. The predicted molar refractivity (Wildman–Crippen MR) is 100 cm³/mol. The molecule has 1 saturated heterocycles. The summed E-state index contributed by atoms with van der Waals surface area (Å²) in [4.78, 5) is 14.3. The van der Waals surface area contributed by atoms with E-state index in [9.17, 15) is 0 Å². The second kappa shape index (κ2) is 7.11. The quantitative estimate of drug-likeness (QED) is 0.749. The maximum absolute atomic E-state index is 5.40. The fraction of sp³-hybridized carbons (Fsp3) is 0.368. The Bertz CT molecular complexity index is 854. The first-order valence-electron chi connectivity index (χ1n) is 8.75. The van der Waals surface area contributed by atoms with E-state index in [1.807, 2.05) is 6.07 Å². The van der Waals surface area contributed by atoms with E-state index >= 15 is 0 Å². The molecular weight excluding hydrogens is 314 g/mol. The number of rotatable bonds is 5. The number of nitrogens with zero attached hydrogens (tertiary/aromatic N) is 3. The molecule has 0 bridgehead atoms. The number of anilines is 2. The molecule has 0 unspecified atom stereocenters. The van der Waals surface area contributed by atoms with Crippen LogP contribution in [0.4, 0.5) is 11.6 Å². The molecular formula is C19H23N5O. The number of benzene rings is 1. The van der Waals surface area contributed by atoms with E-state index in [0.717, 1.165) is 50.9 Å². The van der Waals surface area contributed by atoms with Crippen LogP contribution >= 0.6 is 0 Å².